The first-order valence-corrected chi connectivity index (χ1v) is 8.00. The van der Waals surface area contributed by atoms with Crippen molar-refractivity contribution in [2.24, 2.45) is 0 Å². The first-order valence-electron chi connectivity index (χ1n) is 7.02. The second kappa shape index (κ2) is 7.07. The standard InChI is InChI=1S/C14H10F3N5O3S/c15-14(16,17)25-8-3-1-7(2-4-8)19-10(23)6-26-13-20-11-9(5-18-22-11)12(24)21-13/h1-5H,6H2,(H,19,23)(H2,18,20,21,22,24). The third-order valence-electron chi connectivity index (χ3n) is 3.01. The lowest BCUT2D eigenvalue weighted by molar-refractivity contribution is -0.274. The van der Waals surface area contributed by atoms with Crippen molar-refractivity contribution in [3.05, 3.63) is 40.8 Å². The Kier molecular flexibility index (Phi) is 4.84. The maximum atomic E-state index is 12.1. The summed E-state index contributed by atoms with van der Waals surface area (Å²) < 4.78 is 40.0. The third kappa shape index (κ3) is 4.53. The molecule has 0 aliphatic heterocycles. The molecule has 136 valence electrons. The van der Waals surface area contributed by atoms with Crippen LogP contribution in [0.1, 0.15) is 0 Å². The van der Waals surface area contributed by atoms with E-state index < -0.39 is 12.3 Å². The highest BCUT2D eigenvalue weighted by Gasteiger charge is 2.30. The number of aromatic nitrogens is 4. The van der Waals surface area contributed by atoms with Gasteiger partial charge in [0.15, 0.2) is 10.8 Å². The molecule has 0 fully saturated rings. The van der Waals surface area contributed by atoms with Gasteiger partial charge in [0.1, 0.15) is 11.1 Å². The van der Waals surface area contributed by atoms with Crippen molar-refractivity contribution in [1.82, 2.24) is 20.2 Å². The van der Waals surface area contributed by atoms with Gasteiger partial charge in [-0.3, -0.25) is 14.7 Å². The van der Waals surface area contributed by atoms with Crippen molar-refractivity contribution in [1.29, 1.82) is 0 Å². The fourth-order valence-electron chi connectivity index (χ4n) is 1.96. The van der Waals surface area contributed by atoms with Crippen LogP contribution in [0, 0.1) is 0 Å². The highest BCUT2D eigenvalue weighted by Crippen LogP contribution is 2.24. The summed E-state index contributed by atoms with van der Waals surface area (Å²) in [5, 5.41) is 9.32. The molecule has 0 aliphatic carbocycles. The summed E-state index contributed by atoms with van der Waals surface area (Å²) in [6.07, 6.45) is -3.43. The molecule has 2 aromatic heterocycles. The Bertz CT molecular complexity index is 984. The molecule has 0 saturated heterocycles. The van der Waals surface area contributed by atoms with E-state index in [9.17, 15) is 22.8 Å². The molecule has 8 nitrogen and oxygen atoms in total. The van der Waals surface area contributed by atoms with Gasteiger partial charge in [0, 0.05) is 5.69 Å². The molecular formula is C14H10F3N5O3S. The molecular weight excluding hydrogens is 375 g/mol. The quantitative estimate of drug-likeness (QED) is 0.459. The van der Waals surface area contributed by atoms with Crippen LogP contribution in [0.4, 0.5) is 18.9 Å². The largest absolute Gasteiger partial charge is 0.573 e. The highest BCUT2D eigenvalue weighted by atomic mass is 32.2. The first kappa shape index (κ1) is 17.8. The van der Waals surface area contributed by atoms with Gasteiger partial charge in [0.05, 0.1) is 11.9 Å². The number of rotatable bonds is 5. The molecule has 3 rings (SSSR count). The number of benzene rings is 1. The molecule has 0 radical (unpaired) electrons. The number of ether oxygens (including phenoxy) is 1. The lowest BCUT2D eigenvalue weighted by Crippen LogP contribution is -2.17. The number of hydrogen-bond acceptors (Lipinski definition) is 6. The molecule has 12 heteroatoms. The molecule has 26 heavy (non-hydrogen) atoms. The van der Waals surface area contributed by atoms with Crippen LogP contribution >= 0.6 is 11.8 Å². The summed E-state index contributed by atoms with van der Waals surface area (Å²) >= 11 is 0.991. The van der Waals surface area contributed by atoms with E-state index >= 15 is 0 Å². The highest BCUT2D eigenvalue weighted by molar-refractivity contribution is 7.99. The molecule has 3 N–H and O–H groups in total. The number of anilines is 1. The average molecular weight is 385 g/mol. The molecule has 2 heterocycles. The van der Waals surface area contributed by atoms with E-state index in [1.165, 1.54) is 18.3 Å². The number of nitrogens with one attached hydrogen (secondary N) is 3. The van der Waals surface area contributed by atoms with Crippen LogP contribution in [0.3, 0.4) is 0 Å². The molecule has 1 aromatic carbocycles. The number of halogens is 3. The number of thioether (sulfide) groups is 1. The van der Waals surface area contributed by atoms with Crippen LogP contribution in [-0.4, -0.2) is 38.2 Å². The monoisotopic (exact) mass is 385 g/mol. The second-order valence-electron chi connectivity index (χ2n) is 4.91. The van der Waals surface area contributed by atoms with Crippen molar-refractivity contribution in [2.45, 2.75) is 11.5 Å². The van der Waals surface area contributed by atoms with Gasteiger partial charge in [0.2, 0.25) is 5.91 Å². The summed E-state index contributed by atoms with van der Waals surface area (Å²) in [7, 11) is 0. The van der Waals surface area contributed by atoms with Crippen molar-refractivity contribution in [3.63, 3.8) is 0 Å². The van der Waals surface area contributed by atoms with Gasteiger partial charge in [-0.2, -0.15) is 5.10 Å². The summed E-state index contributed by atoms with van der Waals surface area (Å²) in [5.74, 6) is -0.880. The van der Waals surface area contributed by atoms with Crippen LogP contribution in [0.2, 0.25) is 0 Å². The Morgan fingerprint density at radius 2 is 2.00 bits per heavy atom. The van der Waals surface area contributed by atoms with Crippen LogP contribution < -0.4 is 15.6 Å². The van der Waals surface area contributed by atoms with Crippen molar-refractivity contribution in [3.8, 4) is 5.75 Å². The van der Waals surface area contributed by atoms with Gasteiger partial charge in [0.25, 0.3) is 5.56 Å². The number of carbonyl (C=O) groups excluding carboxylic acids is 1. The number of hydrogen-bond donors (Lipinski definition) is 3. The topological polar surface area (TPSA) is 113 Å². The zero-order valence-electron chi connectivity index (χ0n) is 12.8. The third-order valence-corrected chi connectivity index (χ3v) is 3.88. The number of fused-ring (bicyclic) bond motifs is 1. The van der Waals surface area contributed by atoms with E-state index in [1.807, 2.05) is 0 Å². The van der Waals surface area contributed by atoms with E-state index in [0.29, 0.717) is 16.7 Å². The maximum Gasteiger partial charge on any atom is 0.573 e. The summed E-state index contributed by atoms with van der Waals surface area (Å²) in [4.78, 5) is 30.3. The van der Waals surface area contributed by atoms with Gasteiger partial charge in [-0.25, -0.2) is 4.98 Å². The zero-order chi connectivity index (χ0) is 18.7. The van der Waals surface area contributed by atoms with Gasteiger partial charge in [-0.15, -0.1) is 13.2 Å². The molecule has 0 saturated carbocycles. The van der Waals surface area contributed by atoms with Gasteiger partial charge < -0.3 is 15.0 Å². The first-order chi connectivity index (χ1) is 12.3. The molecule has 0 atom stereocenters. The van der Waals surface area contributed by atoms with Crippen LogP contribution in [-0.2, 0) is 4.79 Å². The molecule has 0 unspecified atom stereocenters. The molecule has 0 spiro atoms. The van der Waals surface area contributed by atoms with Gasteiger partial charge in [-0.1, -0.05) is 11.8 Å². The normalized spacial score (nSPS) is 11.5. The predicted molar refractivity (Wildman–Crippen MR) is 87.0 cm³/mol. The number of alkyl halides is 3. The lowest BCUT2D eigenvalue weighted by Gasteiger charge is -2.09. The molecule has 1 amide bonds. The minimum Gasteiger partial charge on any atom is -0.406 e. The van der Waals surface area contributed by atoms with E-state index in [4.69, 9.17) is 0 Å². The fourth-order valence-corrected chi connectivity index (χ4v) is 2.62. The van der Waals surface area contributed by atoms with Crippen molar-refractivity contribution < 1.29 is 22.7 Å². The van der Waals surface area contributed by atoms with E-state index in [2.05, 4.69) is 30.2 Å². The van der Waals surface area contributed by atoms with E-state index in [0.717, 1.165) is 23.9 Å². The predicted octanol–water partition coefficient (Wildman–Crippen LogP) is 2.28. The Balaban J connectivity index is 1.57. The second-order valence-corrected chi connectivity index (χ2v) is 5.88. The van der Waals surface area contributed by atoms with Crippen LogP contribution in [0.25, 0.3) is 11.0 Å². The Hall–Kier alpha value is -3.02. The Labute approximate surface area is 147 Å². The SMILES string of the molecule is O=C(CSc1nc2[nH]ncc2c(=O)[nH]1)Nc1ccc(OC(F)(F)F)cc1. The van der Waals surface area contributed by atoms with Crippen molar-refractivity contribution in [2.75, 3.05) is 11.1 Å². The molecule has 3 aromatic rings. The number of H-pyrrole nitrogens is 2. The summed E-state index contributed by atoms with van der Waals surface area (Å²) in [6, 6.07) is 4.73. The minimum atomic E-state index is -4.78. The fraction of sp³-hybridized carbons (Fsp3) is 0.143. The van der Waals surface area contributed by atoms with Crippen LogP contribution in [0.5, 0.6) is 5.75 Å². The van der Waals surface area contributed by atoms with Crippen molar-refractivity contribution >= 4 is 34.4 Å². The number of nitrogens with zero attached hydrogens (tertiary/aromatic N) is 2. The summed E-state index contributed by atoms with van der Waals surface area (Å²) in [5.41, 5.74) is 0.222. The van der Waals surface area contributed by atoms with E-state index in [-0.39, 0.29) is 22.2 Å². The van der Waals surface area contributed by atoms with E-state index in [1.54, 1.807) is 0 Å². The molecule has 0 bridgehead atoms. The Morgan fingerprint density at radius 3 is 2.69 bits per heavy atom. The maximum absolute atomic E-state index is 12.1. The molecule has 0 aliphatic rings. The number of amides is 1. The van der Waals surface area contributed by atoms with Crippen LogP contribution in [0.15, 0.2) is 40.4 Å². The number of carbonyl (C=O) groups is 1. The van der Waals surface area contributed by atoms with Gasteiger partial charge >= 0.3 is 6.36 Å². The zero-order valence-corrected chi connectivity index (χ0v) is 13.6. The number of aromatic amines is 2. The minimum absolute atomic E-state index is 0.0661. The Morgan fingerprint density at radius 1 is 1.27 bits per heavy atom. The smallest absolute Gasteiger partial charge is 0.406 e. The van der Waals surface area contributed by atoms with Gasteiger partial charge in [-0.05, 0) is 24.3 Å². The lowest BCUT2D eigenvalue weighted by atomic mass is 10.3. The summed E-state index contributed by atoms with van der Waals surface area (Å²) in [6.45, 7) is 0. The average Bonchev–Trinajstić information content (AvgIpc) is 3.03.